The van der Waals surface area contributed by atoms with E-state index in [0.717, 1.165) is 19.4 Å². The third kappa shape index (κ3) is 2.33. The summed E-state index contributed by atoms with van der Waals surface area (Å²) in [6.45, 7) is 3.12. The molecule has 2 rings (SSSR count). The maximum atomic E-state index is 5.98. The van der Waals surface area contributed by atoms with Crippen LogP contribution in [0.2, 0.25) is 0 Å². The SMILES string of the molecule is CCC1NCC(N)CC1c1cncnc1. The maximum Gasteiger partial charge on any atom is 0.115 e. The van der Waals surface area contributed by atoms with Crippen LogP contribution in [0, 0.1) is 0 Å². The van der Waals surface area contributed by atoms with Crippen LogP contribution in [0.1, 0.15) is 31.2 Å². The molecule has 0 amide bonds. The molecule has 3 atom stereocenters. The number of nitrogens with zero attached hydrogens (tertiary/aromatic N) is 2. The summed E-state index contributed by atoms with van der Waals surface area (Å²) in [5, 5.41) is 3.49. The van der Waals surface area contributed by atoms with Crippen molar-refractivity contribution in [3.8, 4) is 0 Å². The van der Waals surface area contributed by atoms with E-state index >= 15 is 0 Å². The molecule has 1 aromatic heterocycles. The van der Waals surface area contributed by atoms with E-state index in [1.165, 1.54) is 5.56 Å². The molecule has 3 N–H and O–H groups in total. The zero-order valence-electron chi connectivity index (χ0n) is 9.06. The Hall–Kier alpha value is -1.00. The molecule has 0 saturated carbocycles. The molecule has 1 saturated heterocycles. The van der Waals surface area contributed by atoms with Crippen LogP contribution in [0.3, 0.4) is 0 Å². The van der Waals surface area contributed by atoms with Gasteiger partial charge in [0.2, 0.25) is 0 Å². The first kappa shape index (κ1) is 10.5. The number of rotatable bonds is 2. The van der Waals surface area contributed by atoms with Crippen LogP contribution < -0.4 is 11.1 Å². The highest BCUT2D eigenvalue weighted by molar-refractivity contribution is 5.15. The van der Waals surface area contributed by atoms with Gasteiger partial charge >= 0.3 is 0 Å². The van der Waals surface area contributed by atoms with E-state index in [2.05, 4.69) is 22.2 Å². The molecule has 4 heteroatoms. The Morgan fingerprint density at radius 2 is 2.20 bits per heavy atom. The topological polar surface area (TPSA) is 63.8 Å². The van der Waals surface area contributed by atoms with Crippen LogP contribution >= 0.6 is 0 Å². The molecule has 1 aliphatic heterocycles. The number of hydrogen-bond donors (Lipinski definition) is 2. The minimum atomic E-state index is 0.248. The van der Waals surface area contributed by atoms with Gasteiger partial charge in [0.1, 0.15) is 6.33 Å². The van der Waals surface area contributed by atoms with Crippen molar-refractivity contribution in [2.24, 2.45) is 5.73 Å². The highest BCUT2D eigenvalue weighted by atomic mass is 15.0. The van der Waals surface area contributed by atoms with Gasteiger partial charge in [-0.15, -0.1) is 0 Å². The minimum absolute atomic E-state index is 0.248. The fourth-order valence-electron chi connectivity index (χ4n) is 2.32. The average Bonchev–Trinajstić information content (AvgIpc) is 2.30. The Morgan fingerprint density at radius 1 is 1.47 bits per heavy atom. The van der Waals surface area contributed by atoms with Crippen molar-refractivity contribution in [3.63, 3.8) is 0 Å². The summed E-state index contributed by atoms with van der Waals surface area (Å²) in [4.78, 5) is 8.15. The second-order valence-corrected chi connectivity index (χ2v) is 4.20. The molecule has 3 unspecified atom stereocenters. The van der Waals surface area contributed by atoms with E-state index in [1.807, 2.05) is 12.4 Å². The highest BCUT2D eigenvalue weighted by Crippen LogP contribution is 2.27. The lowest BCUT2D eigenvalue weighted by Crippen LogP contribution is -2.49. The largest absolute Gasteiger partial charge is 0.327 e. The Balaban J connectivity index is 2.17. The molecular weight excluding hydrogens is 188 g/mol. The lowest BCUT2D eigenvalue weighted by Gasteiger charge is -2.35. The quantitative estimate of drug-likeness (QED) is 0.746. The zero-order chi connectivity index (χ0) is 10.7. The summed E-state index contributed by atoms with van der Waals surface area (Å²) >= 11 is 0. The van der Waals surface area contributed by atoms with Crippen molar-refractivity contribution in [2.75, 3.05) is 6.54 Å². The van der Waals surface area contributed by atoms with Crippen LogP contribution in [-0.2, 0) is 0 Å². The summed E-state index contributed by atoms with van der Waals surface area (Å²) < 4.78 is 0. The van der Waals surface area contributed by atoms with E-state index in [9.17, 15) is 0 Å². The molecule has 1 aromatic rings. The number of nitrogens with one attached hydrogen (secondary N) is 1. The third-order valence-electron chi connectivity index (χ3n) is 3.13. The van der Waals surface area contributed by atoms with E-state index in [1.54, 1.807) is 6.33 Å². The van der Waals surface area contributed by atoms with Crippen LogP contribution in [0.5, 0.6) is 0 Å². The number of hydrogen-bond acceptors (Lipinski definition) is 4. The molecule has 0 spiro atoms. The van der Waals surface area contributed by atoms with Crippen molar-refractivity contribution in [2.45, 2.75) is 37.8 Å². The average molecular weight is 206 g/mol. The van der Waals surface area contributed by atoms with Crippen molar-refractivity contribution in [1.29, 1.82) is 0 Å². The van der Waals surface area contributed by atoms with Gasteiger partial charge in [0, 0.05) is 36.9 Å². The molecule has 2 heterocycles. The molecule has 0 radical (unpaired) electrons. The normalized spacial score (nSPS) is 31.5. The highest BCUT2D eigenvalue weighted by Gasteiger charge is 2.28. The van der Waals surface area contributed by atoms with Crippen LogP contribution in [0.4, 0.5) is 0 Å². The summed E-state index contributed by atoms with van der Waals surface area (Å²) in [6.07, 6.45) is 7.52. The molecular formula is C11H18N4. The first-order chi connectivity index (χ1) is 7.31. The summed E-state index contributed by atoms with van der Waals surface area (Å²) in [7, 11) is 0. The first-order valence-corrected chi connectivity index (χ1v) is 5.55. The van der Waals surface area contributed by atoms with Crippen LogP contribution in [0.15, 0.2) is 18.7 Å². The van der Waals surface area contributed by atoms with Gasteiger partial charge in [-0.25, -0.2) is 9.97 Å². The van der Waals surface area contributed by atoms with E-state index in [0.29, 0.717) is 12.0 Å². The van der Waals surface area contributed by atoms with Crippen molar-refractivity contribution in [1.82, 2.24) is 15.3 Å². The predicted molar refractivity (Wildman–Crippen MR) is 59.4 cm³/mol. The standard InChI is InChI=1S/C11H18N4/c1-2-11-10(3-9(12)6-15-11)8-4-13-7-14-5-8/h4-5,7,9-11,15H,2-3,6,12H2,1H3. The first-order valence-electron chi connectivity index (χ1n) is 5.55. The fourth-order valence-corrected chi connectivity index (χ4v) is 2.32. The van der Waals surface area contributed by atoms with Crippen LogP contribution in [-0.4, -0.2) is 28.6 Å². The second kappa shape index (κ2) is 4.68. The third-order valence-corrected chi connectivity index (χ3v) is 3.13. The van der Waals surface area contributed by atoms with Crippen molar-refractivity contribution in [3.05, 3.63) is 24.3 Å². The lowest BCUT2D eigenvalue weighted by molar-refractivity contribution is 0.313. The van der Waals surface area contributed by atoms with E-state index in [4.69, 9.17) is 5.73 Å². The van der Waals surface area contributed by atoms with Gasteiger partial charge in [-0.3, -0.25) is 0 Å². The summed E-state index contributed by atoms with van der Waals surface area (Å²) in [6, 6.07) is 0.758. The monoisotopic (exact) mass is 206 g/mol. The van der Waals surface area contributed by atoms with Gasteiger partial charge in [-0.2, -0.15) is 0 Å². The van der Waals surface area contributed by atoms with E-state index in [-0.39, 0.29) is 6.04 Å². The van der Waals surface area contributed by atoms with Gasteiger partial charge in [0.05, 0.1) is 0 Å². The Kier molecular flexibility index (Phi) is 3.28. The smallest absolute Gasteiger partial charge is 0.115 e. The van der Waals surface area contributed by atoms with Crippen LogP contribution in [0.25, 0.3) is 0 Å². The van der Waals surface area contributed by atoms with Gasteiger partial charge in [0.25, 0.3) is 0 Å². The number of aromatic nitrogens is 2. The summed E-state index contributed by atoms with van der Waals surface area (Å²) in [5.41, 5.74) is 7.18. The zero-order valence-corrected chi connectivity index (χ0v) is 9.06. The van der Waals surface area contributed by atoms with Gasteiger partial charge in [-0.05, 0) is 18.4 Å². The summed E-state index contributed by atoms with van der Waals surface area (Å²) in [5.74, 6) is 0.458. The molecule has 0 bridgehead atoms. The Labute approximate surface area is 90.3 Å². The van der Waals surface area contributed by atoms with Gasteiger partial charge in [0.15, 0.2) is 0 Å². The molecule has 82 valence electrons. The Morgan fingerprint density at radius 3 is 2.87 bits per heavy atom. The number of nitrogens with two attached hydrogens (primary N) is 1. The lowest BCUT2D eigenvalue weighted by atomic mass is 9.83. The molecule has 0 aromatic carbocycles. The van der Waals surface area contributed by atoms with Crippen molar-refractivity contribution < 1.29 is 0 Å². The van der Waals surface area contributed by atoms with Gasteiger partial charge < -0.3 is 11.1 Å². The fraction of sp³-hybridized carbons (Fsp3) is 0.636. The number of piperidine rings is 1. The maximum absolute atomic E-state index is 5.98. The minimum Gasteiger partial charge on any atom is -0.327 e. The second-order valence-electron chi connectivity index (χ2n) is 4.20. The molecule has 4 nitrogen and oxygen atoms in total. The molecule has 1 fully saturated rings. The Bertz CT molecular complexity index is 301. The molecule has 0 aliphatic carbocycles. The van der Waals surface area contributed by atoms with Crippen molar-refractivity contribution >= 4 is 0 Å². The van der Waals surface area contributed by atoms with E-state index < -0.39 is 0 Å². The predicted octanol–water partition coefficient (Wildman–Crippen LogP) is 0.659. The molecule has 1 aliphatic rings. The van der Waals surface area contributed by atoms with Gasteiger partial charge in [-0.1, -0.05) is 6.92 Å². The molecule has 15 heavy (non-hydrogen) atoms.